The highest BCUT2D eigenvalue weighted by Gasteiger charge is 2.48. The number of nitrogens with one attached hydrogen (secondary N) is 3. The van der Waals surface area contributed by atoms with Crippen LogP contribution in [0, 0.1) is 0 Å². The van der Waals surface area contributed by atoms with Gasteiger partial charge in [-0.3, -0.25) is 0 Å². The summed E-state index contributed by atoms with van der Waals surface area (Å²) >= 11 is 0. The third kappa shape index (κ3) is 3.92. The molecule has 3 nitrogen and oxygen atoms in total. The van der Waals surface area contributed by atoms with Crippen molar-refractivity contribution in [3.63, 3.8) is 0 Å². The van der Waals surface area contributed by atoms with Gasteiger partial charge in [0, 0.05) is 45.0 Å². The minimum absolute atomic E-state index is 0.0675. The Hall–Kier alpha value is -2.68. The largest absolute Gasteiger partial charge is 0.361 e. The van der Waals surface area contributed by atoms with Crippen molar-refractivity contribution in [2.24, 2.45) is 0 Å². The maximum atomic E-state index is 4.25. The first kappa shape index (κ1) is 27.6. The fourth-order valence-electron chi connectivity index (χ4n) is 11.6. The van der Waals surface area contributed by atoms with E-state index < -0.39 is 0 Å². The standard InChI is InChI=1S/C41H53N3/c1-5-21-38(22-6-1)30-13-14-31(29-30)39(23-7-2-8-24-39)33-16-18-35(43-33)41(27-11-4-12-28-41)37-20-19-36(44-37)40(25-9-3-10-26-40)34-17-15-32(38)42-34/h13-20,42-44H,1-12,21-29H2. The molecule has 232 valence electrons. The van der Waals surface area contributed by atoms with Crippen molar-refractivity contribution in [1.82, 2.24) is 15.0 Å². The van der Waals surface area contributed by atoms with E-state index in [2.05, 4.69) is 63.5 Å². The topological polar surface area (TPSA) is 47.4 Å². The zero-order valence-electron chi connectivity index (χ0n) is 27.0. The van der Waals surface area contributed by atoms with Gasteiger partial charge in [0.1, 0.15) is 0 Å². The highest BCUT2D eigenvalue weighted by molar-refractivity contribution is 5.51. The van der Waals surface area contributed by atoms with Crippen LogP contribution >= 0.6 is 0 Å². The van der Waals surface area contributed by atoms with E-state index in [0.29, 0.717) is 0 Å². The number of fused-ring (bicyclic) bond motifs is 16. The summed E-state index contributed by atoms with van der Waals surface area (Å²) in [6.45, 7) is 0. The molecule has 9 rings (SSSR count). The number of aromatic amines is 3. The van der Waals surface area contributed by atoms with Crippen LogP contribution in [0.4, 0.5) is 0 Å². The van der Waals surface area contributed by atoms with Crippen LogP contribution in [-0.2, 0) is 21.7 Å². The molecule has 5 aliphatic carbocycles. The third-order valence-electron chi connectivity index (χ3n) is 14.1. The van der Waals surface area contributed by atoms with Crippen molar-refractivity contribution in [2.45, 2.75) is 156 Å². The Labute approximate surface area is 264 Å². The van der Waals surface area contributed by atoms with Crippen LogP contribution < -0.4 is 0 Å². The summed E-state index contributed by atoms with van der Waals surface area (Å²) in [6.07, 6.45) is 32.7. The quantitative estimate of drug-likeness (QED) is 0.234. The molecule has 0 unspecified atom stereocenters. The Bertz CT molecular complexity index is 1450. The average Bonchev–Trinajstić information content (AvgIpc) is 3.93. The average molecular weight is 588 g/mol. The molecule has 4 fully saturated rings. The monoisotopic (exact) mass is 587 g/mol. The molecule has 0 aromatic carbocycles. The van der Waals surface area contributed by atoms with Gasteiger partial charge in [0.05, 0.1) is 10.8 Å². The number of rotatable bonds is 0. The predicted molar refractivity (Wildman–Crippen MR) is 180 cm³/mol. The van der Waals surface area contributed by atoms with Crippen LogP contribution in [0.3, 0.4) is 0 Å². The minimum Gasteiger partial charge on any atom is -0.361 e. The second-order valence-corrected chi connectivity index (χ2v) is 16.0. The molecule has 3 N–H and O–H groups in total. The van der Waals surface area contributed by atoms with E-state index >= 15 is 0 Å². The lowest BCUT2D eigenvalue weighted by atomic mass is 9.63. The van der Waals surface area contributed by atoms with Gasteiger partial charge in [-0.15, -0.1) is 0 Å². The Balaban J connectivity index is 1.26. The second kappa shape index (κ2) is 10.4. The molecule has 3 heteroatoms. The summed E-state index contributed by atoms with van der Waals surface area (Å²) in [4.78, 5) is 12.7. The smallest absolute Gasteiger partial charge is 0.0503 e. The Morgan fingerprint density at radius 1 is 0.318 bits per heavy atom. The number of H-pyrrole nitrogens is 3. The summed E-state index contributed by atoms with van der Waals surface area (Å²) in [5.74, 6) is 0. The minimum atomic E-state index is 0.0675. The first-order valence-electron chi connectivity index (χ1n) is 18.7. The SMILES string of the molecule is C1=C2CC(=C1)C1(CCCCC1)c1ccc([nH]1)C1(CCCCC1)c1ccc([nH]1)C1(CCCCC1)c1ccc([nH]1)C21CCCCC1. The fraction of sp³-hybridized carbons (Fsp3) is 0.610. The van der Waals surface area contributed by atoms with Crippen LogP contribution in [0.25, 0.3) is 0 Å². The Morgan fingerprint density at radius 2 is 0.568 bits per heavy atom. The highest BCUT2D eigenvalue weighted by Crippen LogP contribution is 2.56. The van der Waals surface area contributed by atoms with Crippen molar-refractivity contribution in [3.8, 4) is 0 Å². The lowest BCUT2D eigenvalue weighted by Crippen LogP contribution is -2.36. The van der Waals surface area contributed by atoms with E-state index in [4.69, 9.17) is 0 Å². The van der Waals surface area contributed by atoms with Gasteiger partial charge in [-0.2, -0.15) is 0 Å². The zero-order chi connectivity index (χ0) is 29.2. The summed E-state index contributed by atoms with van der Waals surface area (Å²) < 4.78 is 0. The first-order valence-corrected chi connectivity index (χ1v) is 18.7. The molecule has 4 spiro atoms. The van der Waals surface area contributed by atoms with Gasteiger partial charge in [-0.25, -0.2) is 0 Å². The van der Waals surface area contributed by atoms with E-state index in [0.717, 1.165) is 6.42 Å². The molecule has 0 atom stereocenters. The van der Waals surface area contributed by atoms with E-state index in [1.165, 1.54) is 163 Å². The summed E-state index contributed by atoms with van der Waals surface area (Å²) in [5.41, 5.74) is 12.8. The van der Waals surface area contributed by atoms with Crippen molar-refractivity contribution >= 4 is 0 Å². The maximum Gasteiger partial charge on any atom is 0.0503 e. The van der Waals surface area contributed by atoms with Gasteiger partial charge in [0.15, 0.2) is 0 Å². The van der Waals surface area contributed by atoms with E-state index in [9.17, 15) is 0 Å². The van der Waals surface area contributed by atoms with Gasteiger partial charge < -0.3 is 15.0 Å². The molecule has 0 amide bonds. The molecule has 3 aromatic heterocycles. The number of aromatic nitrogens is 3. The molecular formula is C41H53N3. The molecular weight excluding hydrogens is 534 g/mol. The second-order valence-electron chi connectivity index (χ2n) is 16.0. The zero-order valence-corrected chi connectivity index (χ0v) is 27.0. The van der Waals surface area contributed by atoms with Crippen molar-refractivity contribution in [3.05, 3.63) is 93.9 Å². The Morgan fingerprint density at radius 3 is 0.864 bits per heavy atom. The third-order valence-corrected chi connectivity index (χ3v) is 14.1. The lowest BCUT2D eigenvalue weighted by molar-refractivity contribution is 0.303. The first-order chi connectivity index (χ1) is 21.7. The molecule has 6 aliphatic rings. The number of hydrogen-bond acceptors (Lipinski definition) is 0. The molecule has 8 bridgehead atoms. The van der Waals surface area contributed by atoms with Gasteiger partial charge in [-0.05, 0) is 94.2 Å². The van der Waals surface area contributed by atoms with E-state index in [1.807, 2.05) is 0 Å². The Kier molecular flexibility index (Phi) is 6.54. The van der Waals surface area contributed by atoms with Gasteiger partial charge in [-0.1, -0.05) is 100 Å². The molecule has 3 aromatic rings. The van der Waals surface area contributed by atoms with Crippen molar-refractivity contribution in [2.75, 3.05) is 0 Å². The molecule has 4 saturated carbocycles. The van der Waals surface area contributed by atoms with Crippen LogP contribution in [0.1, 0.15) is 169 Å². The van der Waals surface area contributed by atoms with Crippen molar-refractivity contribution < 1.29 is 0 Å². The van der Waals surface area contributed by atoms with Gasteiger partial charge in [0.2, 0.25) is 0 Å². The lowest BCUT2D eigenvalue weighted by Gasteiger charge is -2.43. The van der Waals surface area contributed by atoms with Crippen LogP contribution in [0.2, 0.25) is 0 Å². The predicted octanol–water partition coefficient (Wildman–Crippen LogP) is 10.8. The van der Waals surface area contributed by atoms with Crippen LogP contribution in [0.5, 0.6) is 0 Å². The van der Waals surface area contributed by atoms with E-state index in [-0.39, 0.29) is 21.7 Å². The van der Waals surface area contributed by atoms with Crippen LogP contribution in [-0.4, -0.2) is 15.0 Å². The van der Waals surface area contributed by atoms with Crippen LogP contribution in [0.15, 0.2) is 59.7 Å². The normalized spacial score (nSPS) is 26.6. The molecule has 44 heavy (non-hydrogen) atoms. The number of hydrogen-bond donors (Lipinski definition) is 3. The fourth-order valence-corrected chi connectivity index (χ4v) is 11.6. The maximum absolute atomic E-state index is 4.25. The summed E-state index contributed by atoms with van der Waals surface area (Å²) in [6, 6.07) is 15.1. The molecule has 1 aliphatic heterocycles. The summed E-state index contributed by atoms with van der Waals surface area (Å²) in [5, 5.41) is 0. The molecule has 4 heterocycles. The van der Waals surface area contributed by atoms with Crippen molar-refractivity contribution in [1.29, 1.82) is 0 Å². The van der Waals surface area contributed by atoms with Gasteiger partial charge in [0.25, 0.3) is 0 Å². The summed E-state index contributed by atoms with van der Waals surface area (Å²) in [7, 11) is 0. The number of allylic oxidation sites excluding steroid dienone is 4. The van der Waals surface area contributed by atoms with Gasteiger partial charge >= 0.3 is 0 Å². The molecule has 0 saturated heterocycles. The highest BCUT2D eigenvalue weighted by atomic mass is 14.9. The van der Waals surface area contributed by atoms with E-state index in [1.54, 1.807) is 11.1 Å². The molecule has 0 radical (unpaired) electrons.